The first-order valence-corrected chi connectivity index (χ1v) is 8.27. The van der Waals surface area contributed by atoms with E-state index in [0.717, 1.165) is 12.8 Å². The zero-order valence-corrected chi connectivity index (χ0v) is 14.4. The highest BCUT2D eigenvalue weighted by molar-refractivity contribution is 5.96. The molecule has 7 heteroatoms. The molecule has 1 aromatic rings. The SMILES string of the molecule is COc1ncccc1C(=O)N1C[C@@H]2CC[C@H]1CN(C(=O)N(C)C)C2. The lowest BCUT2D eigenvalue weighted by molar-refractivity contribution is 0.0581. The Morgan fingerprint density at radius 3 is 2.75 bits per heavy atom. The fourth-order valence-electron chi connectivity index (χ4n) is 3.64. The van der Waals surface area contributed by atoms with Gasteiger partial charge in [-0.05, 0) is 30.9 Å². The number of nitrogens with zero attached hydrogens (tertiary/aromatic N) is 4. The van der Waals surface area contributed by atoms with E-state index in [2.05, 4.69) is 4.98 Å². The van der Waals surface area contributed by atoms with Crippen LogP contribution in [-0.2, 0) is 0 Å². The van der Waals surface area contributed by atoms with Gasteiger partial charge in [0.15, 0.2) is 0 Å². The summed E-state index contributed by atoms with van der Waals surface area (Å²) in [5, 5.41) is 0. The second kappa shape index (κ2) is 6.67. The Bertz CT molecular complexity index is 634. The summed E-state index contributed by atoms with van der Waals surface area (Å²) in [4.78, 5) is 34.9. The molecular weight excluding hydrogens is 308 g/mol. The van der Waals surface area contributed by atoms with Crippen molar-refractivity contribution in [1.82, 2.24) is 19.7 Å². The highest BCUT2D eigenvalue weighted by Gasteiger charge is 2.39. The Morgan fingerprint density at radius 2 is 2.04 bits per heavy atom. The van der Waals surface area contributed by atoms with Crippen LogP contribution in [-0.4, -0.2) is 78.5 Å². The van der Waals surface area contributed by atoms with Crippen molar-refractivity contribution in [3.05, 3.63) is 23.9 Å². The molecule has 0 spiro atoms. The molecule has 1 aromatic heterocycles. The summed E-state index contributed by atoms with van der Waals surface area (Å²) in [6.07, 6.45) is 3.59. The highest BCUT2D eigenvalue weighted by Crippen LogP contribution is 2.30. The maximum atomic E-state index is 13.0. The number of carbonyl (C=O) groups is 2. The van der Waals surface area contributed by atoms with Gasteiger partial charge in [-0.3, -0.25) is 4.79 Å². The number of piperidine rings is 1. The second-order valence-electron chi connectivity index (χ2n) is 6.70. The molecule has 24 heavy (non-hydrogen) atoms. The molecule has 0 N–H and O–H groups in total. The van der Waals surface area contributed by atoms with Crippen LogP contribution in [0, 0.1) is 5.92 Å². The number of aromatic nitrogens is 1. The van der Waals surface area contributed by atoms with E-state index in [1.54, 1.807) is 37.3 Å². The largest absolute Gasteiger partial charge is 0.480 e. The molecule has 2 bridgehead atoms. The first kappa shape index (κ1) is 16.5. The molecule has 3 saturated heterocycles. The van der Waals surface area contributed by atoms with Crippen LogP contribution >= 0.6 is 0 Å². The monoisotopic (exact) mass is 332 g/mol. The molecule has 3 fully saturated rings. The number of carbonyl (C=O) groups excluding carboxylic acids is 2. The fraction of sp³-hybridized carbons (Fsp3) is 0.588. The number of hydrogen-bond donors (Lipinski definition) is 0. The molecule has 4 heterocycles. The zero-order chi connectivity index (χ0) is 17.3. The van der Waals surface area contributed by atoms with Gasteiger partial charge >= 0.3 is 6.03 Å². The summed E-state index contributed by atoms with van der Waals surface area (Å²) in [6.45, 7) is 1.97. The van der Waals surface area contributed by atoms with Crippen molar-refractivity contribution in [2.24, 2.45) is 5.92 Å². The maximum absolute atomic E-state index is 13.0. The summed E-state index contributed by atoms with van der Waals surface area (Å²) < 4.78 is 5.23. The first-order valence-electron chi connectivity index (χ1n) is 8.27. The number of ether oxygens (including phenoxy) is 1. The van der Waals surface area contributed by atoms with Crippen LogP contribution < -0.4 is 4.74 Å². The third-order valence-electron chi connectivity index (χ3n) is 4.82. The molecule has 3 aliphatic heterocycles. The van der Waals surface area contributed by atoms with Crippen molar-refractivity contribution in [1.29, 1.82) is 0 Å². The van der Waals surface area contributed by atoms with Crippen molar-refractivity contribution in [3.8, 4) is 5.88 Å². The smallest absolute Gasteiger partial charge is 0.319 e. The highest BCUT2D eigenvalue weighted by atomic mass is 16.5. The molecular formula is C17H24N4O3. The fourth-order valence-corrected chi connectivity index (χ4v) is 3.64. The van der Waals surface area contributed by atoms with Gasteiger partial charge in [-0.25, -0.2) is 9.78 Å². The number of urea groups is 1. The summed E-state index contributed by atoms with van der Waals surface area (Å²) in [5.74, 6) is 0.608. The van der Waals surface area contributed by atoms with Gasteiger partial charge in [-0.1, -0.05) is 0 Å². The molecule has 0 saturated carbocycles. The second-order valence-corrected chi connectivity index (χ2v) is 6.70. The van der Waals surface area contributed by atoms with Crippen LogP contribution in [0.4, 0.5) is 4.79 Å². The lowest BCUT2D eigenvalue weighted by Crippen LogP contribution is -2.48. The maximum Gasteiger partial charge on any atom is 0.319 e. The van der Waals surface area contributed by atoms with Gasteiger partial charge in [0.1, 0.15) is 5.56 Å². The van der Waals surface area contributed by atoms with E-state index in [1.165, 1.54) is 7.11 Å². The van der Waals surface area contributed by atoms with Crippen LogP contribution in [0.15, 0.2) is 18.3 Å². The lowest BCUT2D eigenvalue weighted by atomic mass is 9.94. The number of fused-ring (bicyclic) bond motifs is 4. The van der Waals surface area contributed by atoms with Crippen LogP contribution in [0.5, 0.6) is 5.88 Å². The van der Waals surface area contributed by atoms with Gasteiger partial charge in [-0.2, -0.15) is 0 Å². The molecule has 3 aliphatic rings. The third-order valence-corrected chi connectivity index (χ3v) is 4.82. The minimum absolute atomic E-state index is 0.0140. The summed E-state index contributed by atoms with van der Waals surface area (Å²) in [6, 6.07) is 3.55. The number of amides is 3. The van der Waals surface area contributed by atoms with Crippen LogP contribution in [0.3, 0.4) is 0 Å². The van der Waals surface area contributed by atoms with Gasteiger partial charge < -0.3 is 19.4 Å². The van der Waals surface area contributed by atoms with E-state index in [0.29, 0.717) is 37.0 Å². The Hall–Kier alpha value is -2.31. The van der Waals surface area contributed by atoms with Crippen LogP contribution in [0.25, 0.3) is 0 Å². The predicted molar refractivity (Wildman–Crippen MR) is 89.0 cm³/mol. The van der Waals surface area contributed by atoms with Gasteiger partial charge in [0.25, 0.3) is 5.91 Å². The van der Waals surface area contributed by atoms with Crippen LogP contribution in [0.1, 0.15) is 23.2 Å². The minimum atomic E-state index is -0.0613. The van der Waals surface area contributed by atoms with Gasteiger partial charge in [0.05, 0.1) is 7.11 Å². The van der Waals surface area contributed by atoms with Crippen LogP contribution in [0.2, 0.25) is 0 Å². The Labute approximate surface area is 142 Å². The Kier molecular flexibility index (Phi) is 4.59. The molecule has 130 valence electrons. The van der Waals surface area contributed by atoms with E-state index in [4.69, 9.17) is 4.74 Å². The molecule has 0 aromatic carbocycles. The molecule has 2 atom stereocenters. The van der Waals surface area contributed by atoms with Gasteiger partial charge in [0, 0.05) is 46.0 Å². The summed E-state index contributed by atoms with van der Waals surface area (Å²) in [5.41, 5.74) is 0.484. The molecule has 4 rings (SSSR count). The lowest BCUT2D eigenvalue weighted by Gasteiger charge is -2.36. The van der Waals surface area contributed by atoms with E-state index in [-0.39, 0.29) is 18.0 Å². The summed E-state index contributed by atoms with van der Waals surface area (Å²) >= 11 is 0. The van der Waals surface area contributed by atoms with E-state index < -0.39 is 0 Å². The topological polar surface area (TPSA) is 66.0 Å². The molecule has 0 unspecified atom stereocenters. The standard InChI is InChI=1S/C17H24N4O3/c1-19(2)17(23)20-9-12-6-7-13(11-20)21(10-12)16(22)14-5-4-8-18-15(14)24-3/h4-5,8,12-13H,6-7,9-11H2,1-3H3/t12-,13+/m1/s1. The average Bonchev–Trinajstić information content (AvgIpc) is 2.92. The Balaban J connectivity index is 1.83. The predicted octanol–water partition coefficient (Wildman–Crippen LogP) is 1.31. The van der Waals surface area contributed by atoms with E-state index in [1.807, 2.05) is 9.80 Å². The third kappa shape index (κ3) is 3.02. The van der Waals surface area contributed by atoms with Crippen molar-refractivity contribution < 1.29 is 14.3 Å². The number of rotatable bonds is 2. The average molecular weight is 332 g/mol. The van der Waals surface area contributed by atoms with Crippen molar-refractivity contribution in [2.75, 3.05) is 40.8 Å². The zero-order valence-electron chi connectivity index (χ0n) is 14.4. The number of methoxy groups -OCH3 is 1. The van der Waals surface area contributed by atoms with Crippen molar-refractivity contribution >= 4 is 11.9 Å². The number of hydrogen-bond acceptors (Lipinski definition) is 4. The van der Waals surface area contributed by atoms with E-state index in [9.17, 15) is 9.59 Å². The minimum Gasteiger partial charge on any atom is -0.480 e. The summed E-state index contributed by atoms with van der Waals surface area (Å²) in [7, 11) is 5.04. The molecule has 0 radical (unpaired) electrons. The quantitative estimate of drug-likeness (QED) is 0.819. The molecule has 3 amide bonds. The molecule has 7 nitrogen and oxygen atoms in total. The Morgan fingerprint density at radius 1 is 1.25 bits per heavy atom. The molecule has 0 aliphatic carbocycles. The van der Waals surface area contributed by atoms with Crippen molar-refractivity contribution in [2.45, 2.75) is 18.9 Å². The first-order chi connectivity index (χ1) is 11.5. The normalized spacial score (nSPS) is 23.0. The van der Waals surface area contributed by atoms with E-state index >= 15 is 0 Å². The van der Waals surface area contributed by atoms with Crippen molar-refractivity contribution in [3.63, 3.8) is 0 Å². The number of pyridine rings is 1. The van der Waals surface area contributed by atoms with Gasteiger partial charge in [-0.15, -0.1) is 0 Å². The van der Waals surface area contributed by atoms with Gasteiger partial charge in [0.2, 0.25) is 5.88 Å².